The second-order valence-electron chi connectivity index (χ2n) is 34.0. The highest BCUT2D eigenvalue weighted by Crippen LogP contribution is 2.28. The Morgan fingerprint density at radius 1 is 0.443 bits per heavy atom. The minimum Gasteiger partial charge on any atom is -0.444 e. The van der Waals surface area contributed by atoms with Gasteiger partial charge in [0.15, 0.2) is 0 Å². The summed E-state index contributed by atoms with van der Waals surface area (Å²) in [6.45, 7) is 50.7. The number of fused-ring (bicyclic) bond motifs is 4. The van der Waals surface area contributed by atoms with Gasteiger partial charge in [-0.15, -0.1) is 0 Å². The summed E-state index contributed by atoms with van der Waals surface area (Å²) >= 11 is 4.64. The molecular weight excluding hydrogens is 1500 g/mol. The van der Waals surface area contributed by atoms with Gasteiger partial charge in [0.2, 0.25) is 5.24 Å². The minimum atomic E-state index is -0.684. The van der Waals surface area contributed by atoms with Crippen LogP contribution in [0.4, 0.5) is 24.0 Å². The summed E-state index contributed by atoms with van der Waals surface area (Å²) in [6, 6.07) is 0. The van der Waals surface area contributed by atoms with Crippen LogP contribution in [0.25, 0.3) is 0 Å². The number of nitrogens with two attached hydrogens (primary N) is 1. The van der Waals surface area contributed by atoms with Gasteiger partial charge in [-0.1, -0.05) is 0 Å². The van der Waals surface area contributed by atoms with Crippen molar-refractivity contribution < 1.29 is 66.8 Å². The molecule has 0 spiro atoms. The van der Waals surface area contributed by atoms with Crippen LogP contribution in [0.15, 0.2) is 11.8 Å². The third-order valence-electron chi connectivity index (χ3n) is 18.8. The van der Waals surface area contributed by atoms with Crippen molar-refractivity contribution in [1.82, 2.24) is 79.2 Å². The van der Waals surface area contributed by atoms with E-state index in [4.69, 9.17) is 33.6 Å². The first-order valence-electron chi connectivity index (χ1n) is 39.7. The number of piperidine rings is 2. The van der Waals surface area contributed by atoms with Gasteiger partial charge in [-0.05, 0) is 176 Å². The van der Waals surface area contributed by atoms with Crippen molar-refractivity contribution in [3.63, 3.8) is 0 Å². The summed E-state index contributed by atoms with van der Waals surface area (Å²) in [7, 11) is 9.42. The third-order valence-corrected chi connectivity index (χ3v) is 18.8. The Labute approximate surface area is 686 Å². The van der Waals surface area contributed by atoms with Gasteiger partial charge in [-0.2, -0.15) is 20.4 Å². The predicted molar refractivity (Wildman–Crippen MR) is 442 cm³/mol. The zero-order valence-electron chi connectivity index (χ0n) is 73.8. The van der Waals surface area contributed by atoms with Crippen LogP contribution >= 0.6 is 11.6 Å². The summed E-state index contributed by atoms with van der Waals surface area (Å²) in [6.07, 6.45) is 9.26. The number of nitrogens with one attached hydrogen (secondary N) is 2. The van der Waals surface area contributed by atoms with Crippen LogP contribution in [0.3, 0.4) is 0 Å². The maximum Gasteiger partial charge on any atom is 0.410 e. The van der Waals surface area contributed by atoms with E-state index in [9.17, 15) is 43.2 Å². The first kappa shape index (κ1) is 100. The molecule has 0 aromatic carbocycles. The van der Waals surface area contributed by atoms with Crippen molar-refractivity contribution >= 4 is 64.7 Å². The fourth-order valence-electron chi connectivity index (χ4n) is 13.1. The highest BCUT2D eigenvalue weighted by Gasteiger charge is 2.36. The zero-order valence-corrected chi connectivity index (χ0v) is 74.5. The molecule has 648 valence electrons. The molecule has 3 fully saturated rings. The third kappa shape index (κ3) is 34.5. The van der Waals surface area contributed by atoms with Crippen molar-refractivity contribution in [2.75, 3.05) is 85.6 Å². The number of ether oxygens (including phenoxy) is 5. The molecule has 115 heavy (non-hydrogen) atoms. The molecule has 12 heterocycles. The molecule has 8 aliphatic rings. The molecule has 0 saturated carbocycles. The molecule has 3 saturated heterocycles. The fourth-order valence-corrected chi connectivity index (χ4v) is 13.1. The van der Waals surface area contributed by atoms with E-state index in [1.165, 1.54) is 97.0 Å². The lowest BCUT2D eigenvalue weighted by atomic mass is 9.93. The lowest BCUT2D eigenvalue weighted by Crippen LogP contribution is -2.48. The van der Waals surface area contributed by atoms with E-state index < -0.39 is 40.0 Å². The van der Waals surface area contributed by atoms with Crippen LogP contribution in [-0.2, 0) is 123 Å². The number of hydrogen-bond donors (Lipinski definition) is 3. The first-order chi connectivity index (χ1) is 53.4. The van der Waals surface area contributed by atoms with E-state index in [2.05, 4.69) is 73.2 Å². The van der Waals surface area contributed by atoms with Crippen LogP contribution in [-0.4, -0.2) is 235 Å². The highest BCUT2D eigenvalue weighted by atomic mass is 35.5. The Morgan fingerprint density at radius 3 is 1.24 bits per heavy atom. The summed E-state index contributed by atoms with van der Waals surface area (Å²) < 4.78 is 34.3. The smallest absolute Gasteiger partial charge is 0.410 e. The normalized spacial score (nSPS) is 17.0. The van der Waals surface area contributed by atoms with E-state index in [1.807, 2.05) is 144 Å². The molecule has 0 aliphatic carbocycles. The Kier molecular flexibility index (Phi) is 39.8. The molecule has 8 aliphatic heterocycles. The molecule has 5 amide bonds. The number of carbonyl (C=O) groups is 9. The van der Waals surface area contributed by atoms with Gasteiger partial charge in [0, 0.05) is 239 Å². The summed E-state index contributed by atoms with van der Waals surface area (Å²) in [4.78, 5) is 127. The maximum absolute atomic E-state index is 12.0. The van der Waals surface area contributed by atoms with E-state index in [-0.39, 0.29) is 59.9 Å². The number of halogens is 1. The van der Waals surface area contributed by atoms with Gasteiger partial charge in [-0.25, -0.2) is 24.0 Å². The summed E-state index contributed by atoms with van der Waals surface area (Å²) in [5.41, 5.74) is 18.3. The number of ketones is 3. The maximum atomic E-state index is 12.0. The van der Waals surface area contributed by atoms with Gasteiger partial charge in [-0.3, -0.25) is 37.9 Å². The van der Waals surface area contributed by atoms with Gasteiger partial charge in [0.1, 0.15) is 45.4 Å². The number of aryl methyl sites for hydroxylation is 6. The lowest BCUT2D eigenvalue weighted by molar-refractivity contribution is -0.134. The summed E-state index contributed by atoms with van der Waals surface area (Å²) in [5.74, 6) is -0.735. The van der Waals surface area contributed by atoms with Gasteiger partial charge >= 0.3 is 30.5 Å². The molecule has 34 heteroatoms. The van der Waals surface area contributed by atoms with Gasteiger partial charge in [0.05, 0.1) is 41.8 Å². The molecule has 0 radical (unpaired) electrons. The van der Waals surface area contributed by atoms with Crippen LogP contribution in [0.1, 0.15) is 224 Å². The van der Waals surface area contributed by atoms with E-state index in [0.717, 1.165) is 93.0 Å². The van der Waals surface area contributed by atoms with Gasteiger partial charge in [0.25, 0.3) is 0 Å². The quantitative estimate of drug-likeness (QED) is 0.0953. The fraction of sp³-hybridized carbons (Fsp3) is 0.716. The van der Waals surface area contributed by atoms with E-state index >= 15 is 0 Å². The standard InChI is InChI=1S/C14H24N2O2.2C13H21N3O2.C12H19NO4.C10H17NO3.2C8H13N3.C2H3ClO.CH5N.O2/c1-14(2,3)18-13(17)16-10-6-12(7-11-16)15-8-4-5-9-15;1-9-10-8-16(12(17)18-13(2,3)4)7-6-11(10)14-15(9)5;1-9-10-8-16(12(17)18-13(2,3)4)7-6-11(10)15(5)14-9;1-8(14)9-7-13(6-5-10(9)15)11(16)17-12(2,3)4;1-10(2,3)14-9(13)11-6-4-8(12)5-7-11;1-6-7-5-9-4-3-8(7)10-11(6)2;1-6-7-5-9-4-3-8(7)11(2)10-6;1-2(3)4;2*1-2/h6H,4-5,7-11H2,1-3H3;2*6-8H2,1-5H3;9H,5-7H2,1-4H3;4-7H2,1-3H3;2*9H,3-5H2,1-2H3;1H3;2H2,1H3;. The molecule has 1 atom stereocenters. The number of hydrogen-bond acceptors (Lipinski definition) is 24. The molecule has 12 rings (SSSR count). The Hall–Kier alpha value is -8.82. The predicted octanol–water partition coefficient (Wildman–Crippen LogP) is 10.8. The van der Waals surface area contributed by atoms with Crippen molar-refractivity contribution in [2.24, 2.45) is 39.8 Å². The average molecular weight is 1640 g/mol. The largest absolute Gasteiger partial charge is 0.444 e. The van der Waals surface area contributed by atoms with Gasteiger partial charge < -0.3 is 69.5 Å². The molecular formula is C81H136ClN17O16. The van der Waals surface area contributed by atoms with E-state index in [0.29, 0.717) is 65.2 Å². The first-order valence-corrected chi connectivity index (χ1v) is 40.0. The lowest BCUT2D eigenvalue weighted by Gasteiger charge is -2.32. The molecule has 4 aromatic rings. The van der Waals surface area contributed by atoms with Crippen molar-refractivity contribution in [3.05, 3.63) is 89.5 Å². The average Bonchev–Trinajstić information content (AvgIpc) is 1.67. The Bertz CT molecular complexity index is 3840. The number of amides is 5. The van der Waals surface area contributed by atoms with Crippen LogP contribution in [0.5, 0.6) is 0 Å². The van der Waals surface area contributed by atoms with Crippen LogP contribution in [0, 0.1) is 43.5 Å². The second kappa shape index (κ2) is 45.6. The molecule has 0 bridgehead atoms. The summed E-state index contributed by atoms with van der Waals surface area (Å²) in [5, 5.41) is 24.0. The Balaban J connectivity index is 0.000000344. The number of rotatable bonds is 2. The minimum absolute atomic E-state index is 0.0858. The van der Waals surface area contributed by atoms with Crippen LogP contribution < -0.4 is 16.4 Å². The monoisotopic (exact) mass is 1640 g/mol. The number of likely N-dealkylation sites (tertiary alicyclic amines) is 3. The number of carbonyl (C=O) groups excluding carboxylic acids is 9. The topological polar surface area (TPSA) is 375 Å². The highest BCUT2D eigenvalue weighted by molar-refractivity contribution is 6.62. The number of aromatic nitrogens is 8. The molecule has 33 nitrogen and oxygen atoms in total. The van der Waals surface area contributed by atoms with Crippen molar-refractivity contribution in [1.29, 1.82) is 0 Å². The molecule has 4 N–H and O–H groups in total. The zero-order chi connectivity index (χ0) is 87.4. The number of Topliss-reactive ketones (excluding diaryl/α,β-unsaturated/α-hetero) is 3. The number of nitrogens with zero attached hydrogens (tertiary/aromatic N) is 14. The SMILES string of the molecule is CC(=O)C1CN(C(=O)OC(C)(C)C)CCC1=O.CC(=O)Cl.CC(C)(C)OC(=O)N1CC=C(N2CCCC2)CC1.CC(C)(C)OC(=O)N1CCC(=O)CC1.CN.Cc1c2c(nn1C)CCN(C(=O)OC(C)(C)C)C2.Cc1c2c(nn1C)CCNC2.Cc1nn(C)c2c1CN(C(=O)OC(C)(C)C)CC2.Cc1nn(C)c2c1CNCC2.O=O. The molecule has 1 unspecified atom stereocenters. The Morgan fingerprint density at radius 2 is 0.809 bits per heavy atom. The van der Waals surface area contributed by atoms with Crippen molar-refractivity contribution in [2.45, 2.75) is 264 Å². The van der Waals surface area contributed by atoms with E-state index in [1.54, 1.807) is 40.4 Å². The van der Waals surface area contributed by atoms with Crippen molar-refractivity contribution in [3.8, 4) is 0 Å². The van der Waals surface area contributed by atoms with Crippen LogP contribution in [0.2, 0.25) is 0 Å². The molecule has 4 aromatic heterocycles. The second-order valence-corrected chi connectivity index (χ2v) is 34.6.